The third-order valence-electron chi connectivity index (χ3n) is 7.55. The summed E-state index contributed by atoms with van der Waals surface area (Å²) in [6.07, 6.45) is 5.67. The smallest absolute Gasteiger partial charge is 0.429 e. The van der Waals surface area contributed by atoms with Crippen LogP contribution in [0.25, 0.3) is 0 Å². The number of amides is 2. The third kappa shape index (κ3) is 3.77. The van der Waals surface area contributed by atoms with E-state index in [1.807, 2.05) is 0 Å². The lowest BCUT2D eigenvalue weighted by molar-refractivity contribution is -0.0986. The molecule has 5 atom stereocenters. The molecule has 0 aromatic heterocycles. The van der Waals surface area contributed by atoms with E-state index < -0.39 is 12.2 Å². The molecule has 0 unspecified atom stereocenters. The molecule has 3 saturated carbocycles. The Kier molecular flexibility index (Phi) is 5.64. The van der Waals surface area contributed by atoms with Gasteiger partial charge in [0.05, 0.1) is 19.3 Å². The standard InChI is InChI=1S/C21H36N2O4/c1-6-26-18(24)22-23(19(25)27-7-2)17-10-11-21(5)12-14(17)8-9-15-16(21)13-20(15,3)4/h14-17H,6-13H2,1-5H3,(H,22,24)/t14-,15+,16-,17-,21-/m0/s1. The minimum absolute atomic E-state index is 0.0258. The lowest BCUT2D eigenvalue weighted by atomic mass is 9.46. The number of hydrogen-bond donors (Lipinski definition) is 1. The molecule has 3 aliphatic carbocycles. The van der Waals surface area contributed by atoms with Crippen molar-refractivity contribution in [3.05, 3.63) is 0 Å². The first-order valence-electron chi connectivity index (χ1n) is 10.6. The highest BCUT2D eigenvalue weighted by Crippen LogP contribution is 2.65. The molecule has 0 spiro atoms. The highest BCUT2D eigenvalue weighted by atomic mass is 16.6. The summed E-state index contributed by atoms with van der Waals surface area (Å²) in [5.41, 5.74) is 3.44. The van der Waals surface area contributed by atoms with Crippen molar-refractivity contribution in [2.24, 2.45) is 28.6 Å². The minimum Gasteiger partial charge on any atom is -0.449 e. The predicted molar refractivity (Wildman–Crippen MR) is 103 cm³/mol. The highest BCUT2D eigenvalue weighted by Gasteiger charge is 2.58. The predicted octanol–water partition coefficient (Wildman–Crippen LogP) is 4.74. The van der Waals surface area contributed by atoms with Crippen LogP contribution < -0.4 is 5.43 Å². The molecule has 2 amide bonds. The highest BCUT2D eigenvalue weighted by molar-refractivity contribution is 5.74. The Morgan fingerprint density at radius 2 is 1.70 bits per heavy atom. The van der Waals surface area contributed by atoms with Gasteiger partial charge in [0.1, 0.15) is 0 Å². The van der Waals surface area contributed by atoms with Gasteiger partial charge < -0.3 is 9.47 Å². The van der Waals surface area contributed by atoms with E-state index in [9.17, 15) is 9.59 Å². The van der Waals surface area contributed by atoms with Gasteiger partial charge >= 0.3 is 12.2 Å². The van der Waals surface area contributed by atoms with Crippen LogP contribution in [0.5, 0.6) is 0 Å². The van der Waals surface area contributed by atoms with E-state index in [0.717, 1.165) is 37.5 Å². The molecule has 0 heterocycles. The lowest BCUT2D eigenvalue weighted by Crippen LogP contribution is -2.57. The number of nitrogens with one attached hydrogen (secondary N) is 1. The van der Waals surface area contributed by atoms with Crippen molar-refractivity contribution in [2.45, 2.75) is 79.2 Å². The molecular formula is C21H36N2O4. The van der Waals surface area contributed by atoms with E-state index in [1.165, 1.54) is 17.9 Å². The maximum absolute atomic E-state index is 12.6. The number of ether oxygens (including phenoxy) is 2. The van der Waals surface area contributed by atoms with Crippen LogP contribution >= 0.6 is 0 Å². The van der Waals surface area contributed by atoms with E-state index in [1.54, 1.807) is 13.8 Å². The molecule has 1 N–H and O–H groups in total. The molecule has 3 aliphatic rings. The molecule has 6 heteroatoms. The fraction of sp³-hybridized carbons (Fsp3) is 0.905. The zero-order valence-corrected chi connectivity index (χ0v) is 17.5. The van der Waals surface area contributed by atoms with Gasteiger partial charge in [-0.2, -0.15) is 0 Å². The first-order chi connectivity index (χ1) is 12.7. The van der Waals surface area contributed by atoms with Crippen LogP contribution in [-0.4, -0.2) is 36.5 Å². The summed E-state index contributed by atoms with van der Waals surface area (Å²) in [6.45, 7) is 11.3. The number of rotatable bonds is 3. The Morgan fingerprint density at radius 3 is 2.33 bits per heavy atom. The maximum Gasteiger partial charge on any atom is 0.429 e. The summed E-state index contributed by atoms with van der Waals surface area (Å²) in [4.78, 5) is 24.6. The third-order valence-corrected chi connectivity index (χ3v) is 7.55. The van der Waals surface area contributed by atoms with Crippen LogP contribution in [0.4, 0.5) is 9.59 Å². The molecule has 0 aromatic carbocycles. The normalized spacial score (nSPS) is 36.5. The van der Waals surface area contributed by atoms with Gasteiger partial charge in [-0.05, 0) is 81.0 Å². The monoisotopic (exact) mass is 380 g/mol. The zero-order valence-electron chi connectivity index (χ0n) is 17.5. The van der Waals surface area contributed by atoms with Gasteiger partial charge in [0.2, 0.25) is 0 Å². The molecule has 154 valence electrons. The van der Waals surface area contributed by atoms with E-state index in [2.05, 4.69) is 26.2 Å². The van der Waals surface area contributed by atoms with Crippen molar-refractivity contribution < 1.29 is 19.1 Å². The molecule has 6 nitrogen and oxygen atoms in total. The van der Waals surface area contributed by atoms with Gasteiger partial charge in [-0.3, -0.25) is 0 Å². The van der Waals surface area contributed by atoms with Crippen molar-refractivity contribution in [1.82, 2.24) is 10.4 Å². The minimum atomic E-state index is -0.589. The van der Waals surface area contributed by atoms with Crippen LogP contribution in [0.15, 0.2) is 0 Å². The number of nitrogens with zero attached hydrogens (tertiary/aromatic N) is 1. The van der Waals surface area contributed by atoms with Crippen molar-refractivity contribution >= 4 is 12.2 Å². The average molecular weight is 381 g/mol. The quantitative estimate of drug-likeness (QED) is 0.718. The molecule has 0 aliphatic heterocycles. The topological polar surface area (TPSA) is 67.9 Å². The summed E-state index contributed by atoms with van der Waals surface area (Å²) < 4.78 is 10.2. The van der Waals surface area contributed by atoms with Crippen LogP contribution in [0.3, 0.4) is 0 Å². The number of hydrazine groups is 1. The van der Waals surface area contributed by atoms with Crippen molar-refractivity contribution in [2.75, 3.05) is 13.2 Å². The van der Waals surface area contributed by atoms with E-state index in [4.69, 9.17) is 9.47 Å². The molecule has 2 bridgehead atoms. The summed E-state index contributed by atoms with van der Waals surface area (Å²) in [5, 5.41) is 1.42. The second kappa shape index (κ2) is 7.51. The molecule has 0 aromatic rings. The van der Waals surface area contributed by atoms with Crippen molar-refractivity contribution in [3.8, 4) is 0 Å². The van der Waals surface area contributed by atoms with Gasteiger partial charge in [0.15, 0.2) is 0 Å². The maximum atomic E-state index is 12.6. The van der Waals surface area contributed by atoms with Gasteiger partial charge in [0, 0.05) is 0 Å². The van der Waals surface area contributed by atoms with Crippen LogP contribution in [0.1, 0.15) is 73.1 Å². The first kappa shape index (κ1) is 20.3. The Labute approximate surface area is 163 Å². The molecule has 27 heavy (non-hydrogen) atoms. The van der Waals surface area contributed by atoms with Crippen LogP contribution in [0.2, 0.25) is 0 Å². The largest absolute Gasteiger partial charge is 0.449 e. The molecular weight excluding hydrogens is 344 g/mol. The second-order valence-electron chi connectivity index (χ2n) is 9.61. The Balaban J connectivity index is 1.78. The lowest BCUT2D eigenvalue weighted by Gasteiger charge is -2.59. The summed E-state index contributed by atoms with van der Waals surface area (Å²) in [7, 11) is 0. The first-order valence-corrected chi connectivity index (χ1v) is 10.6. The fourth-order valence-electron chi connectivity index (χ4n) is 6.20. The number of fused-ring (bicyclic) bond motifs is 4. The average Bonchev–Trinajstić information content (AvgIpc) is 2.67. The summed E-state index contributed by atoms with van der Waals surface area (Å²) >= 11 is 0. The van der Waals surface area contributed by atoms with Gasteiger partial charge in [-0.1, -0.05) is 20.8 Å². The van der Waals surface area contributed by atoms with Crippen molar-refractivity contribution in [3.63, 3.8) is 0 Å². The van der Waals surface area contributed by atoms with Crippen LogP contribution in [0, 0.1) is 28.6 Å². The fourth-order valence-corrected chi connectivity index (χ4v) is 6.20. The van der Waals surface area contributed by atoms with Gasteiger partial charge in [-0.15, -0.1) is 0 Å². The summed E-state index contributed by atoms with van der Waals surface area (Å²) in [6, 6.07) is -0.0258. The second-order valence-corrected chi connectivity index (χ2v) is 9.61. The molecule has 3 rings (SSSR count). The number of hydrogen-bond acceptors (Lipinski definition) is 4. The number of carbonyl (C=O) groups is 2. The summed E-state index contributed by atoms with van der Waals surface area (Å²) in [5.74, 6) is 1.96. The van der Waals surface area contributed by atoms with Gasteiger partial charge in [-0.25, -0.2) is 20.0 Å². The molecule has 3 fully saturated rings. The van der Waals surface area contributed by atoms with E-state index >= 15 is 0 Å². The zero-order chi connectivity index (χ0) is 19.8. The van der Waals surface area contributed by atoms with Crippen molar-refractivity contribution in [1.29, 1.82) is 0 Å². The molecule has 0 radical (unpaired) electrons. The Hall–Kier alpha value is -1.46. The van der Waals surface area contributed by atoms with Gasteiger partial charge in [0.25, 0.3) is 0 Å². The SMILES string of the molecule is CCOC(=O)NN(C(=O)OCC)[C@H]1CC[C@@]2(C)C[C@@H]1CC[C@@H]1[C@@H]2CC1(C)C. The van der Waals surface area contributed by atoms with Crippen LogP contribution in [-0.2, 0) is 9.47 Å². The molecule has 0 saturated heterocycles. The number of carbonyl (C=O) groups excluding carboxylic acids is 2. The van der Waals surface area contributed by atoms with E-state index in [-0.39, 0.29) is 19.3 Å². The van der Waals surface area contributed by atoms with E-state index in [0.29, 0.717) is 16.7 Å². The Morgan fingerprint density at radius 1 is 1.00 bits per heavy atom. The Bertz CT molecular complexity index is 579.